The first-order chi connectivity index (χ1) is 7.22. The molecular formula is C12H15BrFN. The van der Waals surface area contributed by atoms with Crippen molar-refractivity contribution in [3.8, 4) is 0 Å². The number of halogens is 2. The Morgan fingerprint density at radius 1 is 1.47 bits per heavy atom. The van der Waals surface area contributed by atoms with E-state index in [9.17, 15) is 4.39 Å². The zero-order valence-corrected chi connectivity index (χ0v) is 10.3. The van der Waals surface area contributed by atoms with E-state index in [1.807, 2.05) is 13.1 Å². The van der Waals surface area contributed by atoms with Gasteiger partial charge in [-0.15, -0.1) is 0 Å². The van der Waals surface area contributed by atoms with E-state index in [1.54, 1.807) is 12.1 Å². The largest absolute Gasteiger partial charge is 0.319 e. The third kappa shape index (κ3) is 2.23. The van der Waals surface area contributed by atoms with Gasteiger partial charge in [0, 0.05) is 4.47 Å². The van der Waals surface area contributed by atoms with E-state index in [-0.39, 0.29) is 5.82 Å². The summed E-state index contributed by atoms with van der Waals surface area (Å²) >= 11 is 3.39. The molecule has 1 aromatic rings. The van der Waals surface area contributed by atoms with Crippen LogP contribution in [0.4, 0.5) is 4.39 Å². The van der Waals surface area contributed by atoms with E-state index in [0.29, 0.717) is 11.8 Å². The molecule has 0 spiro atoms. The van der Waals surface area contributed by atoms with Gasteiger partial charge in [0.15, 0.2) is 0 Å². The molecule has 82 valence electrons. The van der Waals surface area contributed by atoms with Gasteiger partial charge in [0.25, 0.3) is 0 Å². The van der Waals surface area contributed by atoms with Crippen molar-refractivity contribution in [3.05, 3.63) is 34.1 Å². The highest BCUT2D eigenvalue weighted by Gasteiger charge is 2.33. The molecule has 1 aliphatic carbocycles. The summed E-state index contributed by atoms with van der Waals surface area (Å²) in [5.74, 6) is 0.928. The highest BCUT2D eigenvalue weighted by Crippen LogP contribution is 2.43. The molecule has 15 heavy (non-hydrogen) atoms. The minimum Gasteiger partial charge on any atom is -0.319 e. The van der Waals surface area contributed by atoms with Gasteiger partial charge < -0.3 is 5.32 Å². The van der Waals surface area contributed by atoms with Crippen LogP contribution in [0.25, 0.3) is 0 Å². The summed E-state index contributed by atoms with van der Waals surface area (Å²) < 4.78 is 14.6. The highest BCUT2D eigenvalue weighted by molar-refractivity contribution is 9.10. The van der Waals surface area contributed by atoms with Crippen LogP contribution in [0.5, 0.6) is 0 Å². The van der Waals surface area contributed by atoms with Crippen LogP contribution in [0.3, 0.4) is 0 Å². The molecule has 2 unspecified atom stereocenters. The van der Waals surface area contributed by atoms with E-state index in [0.717, 1.165) is 23.0 Å². The van der Waals surface area contributed by atoms with Crippen LogP contribution >= 0.6 is 15.9 Å². The normalized spacial score (nSPS) is 25.0. The fourth-order valence-electron chi connectivity index (χ4n) is 2.28. The Balaban J connectivity index is 2.18. The van der Waals surface area contributed by atoms with Crippen LogP contribution in [0.1, 0.15) is 24.3 Å². The van der Waals surface area contributed by atoms with Crippen molar-refractivity contribution in [2.24, 2.45) is 5.92 Å². The average molecular weight is 272 g/mol. The number of nitrogens with one attached hydrogen (secondary N) is 1. The molecule has 1 saturated carbocycles. The quantitative estimate of drug-likeness (QED) is 0.890. The van der Waals surface area contributed by atoms with Crippen molar-refractivity contribution in [2.45, 2.75) is 18.8 Å². The molecule has 1 nitrogen and oxygen atoms in total. The molecule has 0 heterocycles. The van der Waals surface area contributed by atoms with Crippen LogP contribution in [0.15, 0.2) is 22.7 Å². The molecule has 0 bridgehead atoms. The average Bonchev–Trinajstić information content (AvgIpc) is 2.18. The lowest BCUT2D eigenvalue weighted by Crippen LogP contribution is -2.32. The van der Waals surface area contributed by atoms with Crippen molar-refractivity contribution in [2.75, 3.05) is 13.6 Å². The molecule has 2 rings (SSSR count). The first-order valence-corrected chi connectivity index (χ1v) is 6.11. The Kier molecular flexibility index (Phi) is 3.42. The number of hydrogen-bond donors (Lipinski definition) is 1. The minimum atomic E-state index is -0.0657. The summed E-state index contributed by atoms with van der Waals surface area (Å²) in [6.45, 7) is 0.983. The topological polar surface area (TPSA) is 12.0 Å². The Morgan fingerprint density at radius 2 is 2.27 bits per heavy atom. The van der Waals surface area contributed by atoms with Gasteiger partial charge in [-0.3, -0.25) is 0 Å². The SMILES string of the molecule is CNCC1CCC1c1cc(Br)ccc1F. The maximum atomic E-state index is 13.6. The first kappa shape index (κ1) is 11.1. The Labute approximate surface area is 98.2 Å². The summed E-state index contributed by atoms with van der Waals surface area (Å²) in [4.78, 5) is 0. The zero-order chi connectivity index (χ0) is 10.8. The minimum absolute atomic E-state index is 0.0657. The van der Waals surface area contributed by atoms with Gasteiger partial charge in [0.05, 0.1) is 0 Å². The number of rotatable bonds is 3. The van der Waals surface area contributed by atoms with Crippen LogP contribution < -0.4 is 5.32 Å². The fraction of sp³-hybridized carbons (Fsp3) is 0.500. The van der Waals surface area contributed by atoms with Crippen molar-refractivity contribution in [3.63, 3.8) is 0 Å². The second-order valence-corrected chi connectivity index (χ2v) is 5.08. The molecule has 0 aromatic heterocycles. The van der Waals surface area contributed by atoms with Gasteiger partial charge in [-0.05, 0) is 62.0 Å². The van der Waals surface area contributed by atoms with Crippen LogP contribution in [-0.4, -0.2) is 13.6 Å². The molecule has 3 heteroatoms. The Morgan fingerprint density at radius 3 is 2.87 bits per heavy atom. The molecule has 1 aliphatic rings. The lowest BCUT2D eigenvalue weighted by Gasteiger charge is -2.37. The highest BCUT2D eigenvalue weighted by atomic mass is 79.9. The van der Waals surface area contributed by atoms with Gasteiger partial charge in [0.2, 0.25) is 0 Å². The lowest BCUT2D eigenvalue weighted by molar-refractivity contribution is 0.245. The third-order valence-corrected chi connectivity index (χ3v) is 3.73. The van der Waals surface area contributed by atoms with E-state index >= 15 is 0 Å². The summed E-state index contributed by atoms with van der Waals surface area (Å²) in [7, 11) is 1.95. The third-order valence-electron chi connectivity index (χ3n) is 3.24. The van der Waals surface area contributed by atoms with Gasteiger partial charge in [-0.25, -0.2) is 4.39 Å². The predicted octanol–water partition coefficient (Wildman–Crippen LogP) is 3.30. The summed E-state index contributed by atoms with van der Waals surface area (Å²) in [6.07, 6.45) is 2.32. The molecular weight excluding hydrogens is 257 g/mol. The molecule has 1 N–H and O–H groups in total. The van der Waals surface area contributed by atoms with E-state index in [1.165, 1.54) is 6.42 Å². The van der Waals surface area contributed by atoms with Crippen molar-refractivity contribution < 1.29 is 4.39 Å². The van der Waals surface area contributed by atoms with Crippen LogP contribution in [0.2, 0.25) is 0 Å². The van der Waals surface area contributed by atoms with Crippen molar-refractivity contribution >= 4 is 15.9 Å². The smallest absolute Gasteiger partial charge is 0.126 e. The van der Waals surface area contributed by atoms with Gasteiger partial charge in [-0.1, -0.05) is 15.9 Å². The van der Waals surface area contributed by atoms with Crippen molar-refractivity contribution in [1.29, 1.82) is 0 Å². The van der Waals surface area contributed by atoms with Gasteiger partial charge in [-0.2, -0.15) is 0 Å². The van der Waals surface area contributed by atoms with E-state index in [2.05, 4.69) is 21.2 Å². The fourth-order valence-corrected chi connectivity index (χ4v) is 2.66. The van der Waals surface area contributed by atoms with Crippen LogP contribution in [-0.2, 0) is 0 Å². The molecule has 0 amide bonds. The number of benzene rings is 1. The zero-order valence-electron chi connectivity index (χ0n) is 8.76. The maximum absolute atomic E-state index is 13.6. The second-order valence-electron chi connectivity index (χ2n) is 4.17. The predicted molar refractivity (Wildman–Crippen MR) is 63.5 cm³/mol. The first-order valence-electron chi connectivity index (χ1n) is 5.32. The van der Waals surface area contributed by atoms with E-state index < -0.39 is 0 Å². The lowest BCUT2D eigenvalue weighted by atomic mass is 9.70. The van der Waals surface area contributed by atoms with Gasteiger partial charge in [0.1, 0.15) is 5.82 Å². The molecule has 0 aliphatic heterocycles. The summed E-state index contributed by atoms with van der Waals surface area (Å²) in [5.41, 5.74) is 0.871. The molecule has 2 atom stereocenters. The Bertz CT molecular complexity index is 353. The maximum Gasteiger partial charge on any atom is 0.126 e. The summed E-state index contributed by atoms with van der Waals surface area (Å²) in [6, 6.07) is 5.22. The van der Waals surface area contributed by atoms with E-state index in [4.69, 9.17) is 0 Å². The summed E-state index contributed by atoms with van der Waals surface area (Å²) in [5, 5.41) is 3.17. The van der Waals surface area contributed by atoms with Crippen LogP contribution in [0, 0.1) is 11.7 Å². The Hall–Kier alpha value is -0.410. The second kappa shape index (κ2) is 4.62. The number of hydrogen-bond acceptors (Lipinski definition) is 1. The molecule has 1 fully saturated rings. The van der Waals surface area contributed by atoms with Crippen molar-refractivity contribution in [1.82, 2.24) is 5.32 Å². The standard InChI is InChI=1S/C12H15BrFN/c1-15-7-8-2-4-10(8)11-6-9(13)3-5-12(11)14/h3,5-6,8,10,15H,2,4,7H2,1H3. The molecule has 0 saturated heterocycles. The monoisotopic (exact) mass is 271 g/mol. The molecule has 0 radical (unpaired) electrons. The van der Waals surface area contributed by atoms with Gasteiger partial charge >= 0.3 is 0 Å². The molecule has 1 aromatic carbocycles.